The molecule has 1 aromatic heterocycles. The summed E-state index contributed by atoms with van der Waals surface area (Å²) in [6, 6.07) is 5.29. The number of nitrogens with zero attached hydrogens (tertiary/aromatic N) is 4. The fourth-order valence-electron chi connectivity index (χ4n) is 3.34. The van der Waals surface area contributed by atoms with E-state index in [1.807, 2.05) is 4.90 Å². The smallest absolute Gasteiger partial charge is 0.254 e. The van der Waals surface area contributed by atoms with Crippen molar-refractivity contribution in [2.75, 3.05) is 27.3 Å². The first-order valence-electron chi connectivity index (χ1n) is 8.64. The van der Waals surface area contributed by atoms with Crippen LogP contribution < -0.4 is 9.47 Å². The number of ether oxygens (including phenoxy) is 2. The fraction of sp³-hybridized carbons (Fsp3) is 0.500. The molecule has 1 aromatic carbocycles. The van der Waals surface area contributed by atoms with E-state index in [4.69, 9.17) is 9.47 Å². The number of amides is 1. The minimum absolute atomic E-state index is 0.00707. The molecule has 1 fully saturated rings. The summed E-state index contributed by atoms with van der Waals surface area (Å²) < 4.78 is 12.8. The predicted octanol–water partition coefficient (Wildman–Crippen LogP) is 1.87. The van der Waals surface area contributed by atoms with Crippen molar-refractivity contribution in [2.45, 2.75) is 31.7 Å². The summed E-state index contributed by atoms with van der Waals surface area (Å²) in [6.07, 6.45) is 3.14. The molecule has 25 heavy (non-hydrogen) atoms. The van der Waals surface area contributed by atoms with Crippen LogP contribution in [0.1, 0.15) is 40.8 Å². The van der Waals surface area contributed by atoms with Crippen LogP contribution in [0.4, 0.5) is 0 Å². The summed E-state index contributed by atoms with van der Waals surface area (Å²) >= 11 is 0. The fourth-order valence-corrected chi connectivity index (χ4v) is 3.34. The molecule has 0 spiro atoms. The molecular formula is C18H22N4O3. The van der Waals surface area contributed by atoms with E-state index < -0.39 is 0 Å². The lowest BCUT2D eigenvalue weighted by Gasteiger charge is -2.21. The lowest BCUT2D eigenvalue weighted by Crippen LogP contribution is -2.33. The number of benzene rings is 1. The zero-order valence-corrected chi connectivity index (χ0v) is 14.6. The molecule has 0 saturated heterocycles. The van der Waals surface area contributed by atoms with Gasteiger partial charge in [-0.3, -0.25) is 4.79 Å². The maximum atomic E-state index is 12.9. The van der Waals surface area contributed by atoms with Crippen LogP contribution in [-0.4, -0.2) is 52.9 Å². The second-order valence-electron chi connectivity index (χ2n) is 6.51. The van der Waals surface area contributed by atoms with Gasteiger partial charge in [0.1, 0.15) is 11.6 Å². The molecule has 2 aliphatic rings. The predicted molar refractivity (Wildman–Crippen MR) is 91.2 cm³/mol. The first-order chi connectivity index (χ1) is 12.2. The van der Waals surface area contributed by atoms with Gasteiger partial charge in [-0.15, -0.1) is 10.2 Å². The molecule has 1 aliphatic carbocycles. The minimum atomic E-state index is 0.00707. The van der Waals surface area contributed by atoms with Crippen LogP contribution in [-0.2, 0) is 13.0 Å². The average Bonchev–Trinajstić information content (AvgIpc) is 3.45. The van der Waals surface area contributed by atoms with E-state index in [-0.39, 0.29) is 5.91 Å². The molecule has 0 bridgehead atoms. The Bertz CT molecular complexity index is 798. The third-order valence-corrected chi connectivity index (χ3v) is 4.92. The van der Waals surface area contributed by atoms with Crippen molar-refractivity contribution in [1.29, 1.82) is 0 Å². The van der Waals surface area contributed by atoms with Crippen LogP contribution in [0, 0.1) is 0 Å². The van der Waals surface area contributed by atoms with E-state index >= 15 is 0 Å². The van der Waals surface area contributed by atoms with Gasteiger partial charge in [-0.05, 0) is 31.0 Å². The summed E-state index contributed by atoms with van der Waals surface area (Å²) in [4.78, 5) is 14.8. The lowest BCUT2D eigenvalue weighted by atomic mass is 10.1. The van der Waals surface area contributed by atoms with Gasteiger partial charge < -0.3 is 18.9 Å². The Hall–Kier alpha value is -2.57. The van der Waals surface area contributed by atoms with Gasteiger partial charge >= 0.3 is 0 Å². The van der Waals surface area contributed by atoms with Crippen molar-refractivity contribution in [3.63, 3.8) is 0 Å². The van der Waals surface area contributed by atoms with E-state index in [9.17, 15) is 4.79 Å². The molecule has 0 N–H and O–H groups in total. The van der Waals surface area contributed by atoms with Gasteiger partial charge in [0.25, 0.3) is 5.91 Å². The van der Waals surface area contributed by atoms with Gasteiger partial charge in [-0.25, -0.2) is 0 Å². The third kappa shape index (κ3) is 2.94. The molecule has 7 nitrogen and oxygen atoms in total. The number of hydrogen-bond acceptors (Lipinski definition) is 5. The number of carbonyl (C=O) groups excluding carboxylic acids is 1. The first kappa shape index (κ1) is 15.9. The quantitative estimate of drug-likeness (QED) is 0.848. The Kier molecular flexibility index (Phi) is 4.07. The van der Waals surface area contributed by atoms with Crippen LogP contribution >= 0.6 is 0 Å². The van der Waals surface area contributed by atoms with E-state index in [0.29, 0.717) is 36.1 Å². The Morgan fingerprint density at radius 1 is 1.08 bits per heavy atom. The monoisotopic (exact) mass is 342 g/mol. The average molecular weight is 342 g/mol. The Morgan fingerprint density at radius 2 is 1.88 bits per heavy atom. The van der Waals surface area contributed by atoms with Crippen molar-refractivity contribution in [3.05, 3.63) is 35.4 Å². The zero-order chi connectivity index (χ0) is 17.4. The summed E-state index contributed by atoms with van der Waals surface area (Å²) in [7, 11) is 3.16. The molecule has 1 aliphatic heterocycles. The van der Waals surface area contributed by atoms with Crippen molar-refractivity contribution < 1.29 is 14.3 Å². The standard InChI is InChI=1S/C18H22N4O3/c1-24-14-6-5-13(11-15(14)25-2)18(23)21-8-7-16-19-20-17(12-3-4-12)22(16)10-9-21/h5-6,11-12H,3-4,7-10H2,1-2H3. The lowest BCUT2D eigenvalue weighted by molar-refractivity contribution is 0.0758. The van der Waals surface area contributed by atoms with Crippen molar-refractivity contribution in [2.24, 2.45) is 0 Å². The Balaban J connectivity index is 1.52. The summed E-state index contributed by atoms with van der Waals surface area (Å²) in [5.41, 5.74) is 0.609. The SMILES string of the molecule is COc1ccc(C(=O)N2CCc3nnc(C4CC4)n3CC2)cc1OC. The van der Waals surface area contributed by atoms with E-state index in [2.05, 4.69) is 14.8 Å². The number of rotatable bonds is 4. The molecule has 1 amide bonds. The number of aromatic nitrogens is 3. The van der Waals surface area contributed by atoms with E-state index in [0.717, 1.165) is 24.6 Å². The van der Waals surface area contributed by atoms with Gasteiger partial charge in [0.05, 0.1) is 14.2 Å². The number of methoxy groups -OCH3 is 2. The largest absolute Gasteiger partial charge is 0.493 e. The topological polar surface area (TPSA) is 69.5 Å². The highest BCUT2D eigenvalue weighted by Crippen LogP contribution is 2.39. The van der Waals surface area contributed by atoms with E-state index in [1.165, 1.54) is 12.8 Å². The summed E-state index contributed by atoms with van der Waals surface area (Å²) in [5.74, 6) is 3.84. The highest BCUT2D eigenvalue weighted by Gasteiger charge is 2.31. The molecule has 7 heteroatoms. The molecule has 0 atom stereocenters. The molecule has 132 valence electrons. The second kappa shape index (κ2) is 6.38. The van der Waals surface area contributed by atoms with Gasteiger partial charge in [-0.2, -0.15) is 0 Å². The van der Waals surface area contributed by atoms with Crippen LogP contribution in [0.3, 0.4) is 0 Å². The summed E-state index contributed by atoms with van der Waals surface area (Å²) in [5, 5.41) is 8.68. The normalized spacial score (nSPS) is 17.0. The van der Waals surface area contributed by atoms with Gasteiger partial charge in [0, 0.05) is 37.5 Å². The van der Waals surface area contributed by atoms with Crippen LogP contribution in [0.2, 0.25) is 0 Å². The van der Waals surface area contributed by atoms with Crippen LogP contribution in [0.15, 0.2) is 18.2 Å². The molecule has 2 aromatic rings. The highest BCUT2D eigenvalue weighted by molar-refractivity contribution is 5.95. The number of hydrogen-bond donors (Lipinski definition) is 0. The maximum absolute atomic E-state index is 12.9. The third-order valence-electron chi connectivity index (χ3n) is 4.92. The first-order valence-corrected chi connectivity index (χ1v) is 8.64. The molecule has 0 radical (unpaired) electrons. The minimum Gasteiger partial charge on any atom is -0.493 e. The maximum Gasteiger partial charge on any atom is 0.254 e. The molecule has 2 heterocycles. The molecule has 0 unspecified atom stereocenters. The van der Waals surface area contributed by atoms with Crippen LogP contribution in [0.25, 0.3) is 0 Å². The van der Waals surface area contributed by atoms with Gasteiger partial charge in [0.2, 0.25) is 0 Å². The Labute approximate surface area is 146 Å². The Morgan fingerprint density at radius 3 is 2.60 bits per heavy atom. The van der Waals surface area contributed by atoms with Gasteiger partial charge in [-0.1, -0.05) is 0 Å². The molecular weight excluding hydrogens is 320 g/mol. The molecule has 4 rings (SSSR count). The van der Waals surface area contributed by atoms with Crippen molar-refractivity contribution in [3.8, 4) is 11.5 Å². The number of carbonyl (C=O) groups is 1. The van der Waals surface area contributed by atoms with Gasteiger partial charge in [0.15, 0.2) is 11.5 Å². The summed E-state index contributed by atoms with van der Waals surface area (Å²) in [6.45, 7) is 2.07. The number of fused-ring (bicyclic) bond motifs is 1. The molecule has 1 saturated carbocycles. The van der Waals surface area contributed by atoms with Crippen molar-refractivity contribution in [1.82, 2.24) is 19.7 Å². The van der Waals surface area contributed by atoms with E-state index in [1.54, 1.807) is 32.4 Å². The van der Waals surface area contributed by atoms with Crippen LogP contribution in [0.5, 0.6) is 11.5 Å². The zero-order valence-electron chi connectivity index (χ0n) is 14.6. The second-order valence-corrected chi connectivity index (χ2v) is 6.51. The highest BCUT2D eigenvalue weighted by atomic mass is 16.5. The van der Waals surface area contributed by atoms with Crippen molar-refractivity contribution >= 4 is 5.91 Å².